The molecule has 4 aromatic rings. The summed E-state index contributed by atoms with van der Waals surface area (Å²) in [6, 6.07) is 15.3. The molecule has 3 heterocycles. The molecule has 0 saturated heterocycles. The lowest BCUT2D eigenvalue weighted by molar-refractivity contribution is 0.0973. The lowest BCUT2D eigenvalue weighted by Gasteiger charge is -2.28. The second-order valence-corrected chi connectivity index (χ2v) is 11.5. The van der Waals surface area contributed by atoms with Crippen LogP contribution >= 0.6 is 0 Å². The molecule has 0 radical (unpaired) electrons. The molecule has 1 saturated carbocycles. The first-order valence-corrected chi connectivity index (χ1v) is 14.4. The van der Waals surface area contributed by atoms with E-state index in [0.717, 1.165) is 23.5 Å². The van der Waals surface area contributed by atoms with Crippen molar-refractivity contribution in [1.29, 1.82) is 0 Å². The summed E-state index contributed by atoms with van der Waals surface area (Å²) in [5.41, 5.74) is 2.97. The predicted molar refractivity (Wildman–Crippen MR) is 142 cm³/mol. The van der Waals surface area contributed by atoms with Crippen LogP contribution in [0.2, 0.25) is 0 Å². The van der Waals surface area contributed by atoms with Crippen molar-refractivity contribution in [1.82, 2.24) is 24.6 Å². The van der Waals surface area contributed by atoms with Crippen LogP contribution in [0.4, 0.5) is 5.69 Å². The molecule has 0 unspecified atom stereocenters. The molecule has 196 valence electrons. The molecule has 2 aliphatic rings. The van der Waals surface area contributed by atoms with Gasteiger partial charge >= 0.3 is 0 Å². The smallest absolute Gasteiger partial charge is 0.277 e. The first kappa shape index (κ1) is 24.4. The fourth-order valence-electron chi connectivity index (χ4n) is 4.80. The zero-order valence-corrected chi connectivity index (χ0v) is 22.0. The number of hydrogen-bond acceptors (Lipinski definition) is 7. The SMILES string of the molecule is COc1ccc(-n2nc(S(C)(=O)=O)c3c2C(=O)N(c2ccc(-n4ccnc4CNC4CC4)cc2)CC3)cc1. The molecule has 1 amide bonds. The zero-order valence-electron chi connectivity index (χ0n) is 21.2. The average Bonchev–Trinajstić information content (AvgIpc) is 3.47. The van der Waals surface area contributed by atoms with Crippen LogP contribution < -0.4 is 15.0 Å². The summed E-state index contributed by atoms with van der Waals surface area (Å²) >= 11 is 0. The number of fused-ring (bicyclic) bond motifs is 1. The Morgan fingerprint density at radius 3 is 2.37 bits per heavy atom. The fraction of sp³-hybridized carbons (Fsp3) is 0.296. The van der Waals surface area contributed by atoms with E-state index in [4.69, 9.17) is 4.74 Å². The third kappa shape index (κ3) is 4.48. The van der Waals surface area contributed by atoms with Gasteiger partial charge in [0.15, 0.2) is 14.9 Å². The van der Waals surface area contributed by atoms with Crippen LogP contribution in [-0.2, 0) is 22.8 Å². The Morgan fingerprint density at radius 1 is 1.03 bits per heavy atom. The molecule has 2 aromatic heterocycles. The molecule has 0 bridgehead atoms. The van der Waals surface area contributed by atoms with Gasteiger partial charge in [0.05, 0.1) is 19.3 Å². The Bertz CT molecular complexity index is 1600. The van der Waals surface area contributed by atoms with Crippen molar-refractivity contribution in [2.45, 2.75) is 36.9 Å². The van der Waals surface area contributed by atoms with Crippen molar-refractivity contribution < 1.29 is 17.9 Å². The van der Waals surface area contributed by atoms with E-state index in [1.54, 1.807) is 42.5 Å². The number of hydrogen-bond donors (Lipinski definition) is 1. The maximum atomic E-state index is 13.8. The minimum atomic E-state index is -3.63. The summed E-state index contributed by atoms with van der Waals surface area (Å²) in [6.07, 6.45) is 7.63. The third-order valence-corrected chi connectivity index (χ3v) is 7.96. The number of benzene rings is 2. The lowest BCUT2D eigenvalue weighted by Crippen LogP contribution is -2.39. The quantitative estimate of drug-likeness (QED) is 0.371. The van der Waals surface area contributed by atoms with E-state index >= 15 is 0 Å². The molecule has 1 fully saturated rings. The maximum Gasteiger partial charge on any atom is 0.277 e. The highest BCUT2D eigenvalue weighted by molar-refractivity contribution is 7.90. The normalized spacial score (nSPS) is 15.5. The van der Waals surface area contributed by atoms with Gasteiger partial charge in [0.2, 0.25) is 0 Å². The predicted octanol–water partition coefficient (Wildman–Crippen LogP) is 2.93. The molecule has 11 heteroatoms. The lowest BCUT2D eigenvalue weighted by atomic mass is 10.1. The Kier molecular flexibility index (Phi) is 6.04. The van der Waals surface area contributed by atoms with Gasteiger partial charge in [-0.1, -0.05) is 0 Å². The van der Waals surface area contributed by atoms with Crippen molar-refractivity contribution in [3.8, 4) is 17.1 Å². The Morgan fingerprint density at radius 2 is 1.71 bits per heavy atom. The molecule has 0 atom stereocenters. The van der Waals surface area contributed by atoms with E-state index in [1.165, 1.54) is 17.5 Å². The van der Waals surface area contributed by atoms with Crippen molar-refractivity contribution in [3.05, 3.63) is 78.0 Å². The highest BCUT2D eigenvalue weighted by atomic mass is 32.2. The molecule has 10 nitrogen and oxygen atoms in total. The van der Waals surface area contributed by atoms with Gasteiger partial charge in [-0.15, -0.1) is 0 Å². The first-order valence-electron chi connectivity index (χ1n) is 12.5. The number of sulfone groups is 1. The Labute approximate surface area is 220 Å². The summed E-state index contributed by atoms with van der Waals surface area (Å²) in [7, 11) is -2.06. The molecule has 38 heavy (non-hydrogen) atoms. The zero-order chi connectivity index (χ0) is 26.4. The fourth-order valence-corrected chi connectivity index (χ4v) is 5.68. The van der Waals surface area contributed by atoms with Gasteiger partial charge in [-0.05, 0) is 67.8 Å². The standard InChI is InChI=1S/C27H28N6O4S/c1-37-22-11-9-21(10-12-22)33-25-23(26(30-33)38(2,35)36)13-15-32(27(25)34)20-7-5-19(6-8-20)31-16-14-28-24(31)17-29-18-3-4-18/h5-12,14,16,18,29H,3-4,13,15,17H2,1-2H3. The minimum Gasteiger partial charge on any atom is -0.497 e. The average molecular weight is 533 g/mol. The first-order chi connectivity index (χ1) is 18.3. The molecule has 1 aliphatic carbocycles. The Hall–Kier alpha value is -3.96. The topological polar surface area (TPSA) is 111 Å². The number of nitrogens with one attached hydrogen (secondary N) is 1. The molecule has 2 aromatic carbocycles. The van der Waals surface area contributed by atoms with Gasteiger partial charge < -0.3 is 19.5 Å². The van der Waals surface area contributed by atoms with E-state index in [1.807, 2.05) is 35.0 Å². The van der Waals surface area contributed by atoms with E-state index in [-0.39, 0.29) is 16.6 Å². The largest absolute Gasteiger partial charge is 0.497 e. The second-order valence-electron chi connectivity index (χ2n) is 9.61. The number of carbonyl (C=O) groups is 1. The summed E-state index contributed by atoms with van der Waals surface area (Å²) in [6.45, 7) is 1.05. The number of aromatic nitrogens is 4. The Balaban J connectivity index is 1.32. The number of amides is 1. The van der Waals surface area contributed by atoms with Crippen LogP contribution in [0, 0.1) is 0 Å². The molecule has 1 aliphatic heterocycles. The third-order valence-electron chi connectivity index (χ3n) is 6.93. The van der Waals surface area contributed by atoms with Crippen molar-refractivity contribution in [2.75, 3.05) is 24.8 Å². The van der Waals surface area contributed by atoms with Crippen LogP contribution in [0.3, 0.4) is 0 Å². The summed E-state index contributed by atoms with van der Waals surface area (Å²) in [5.74, 6) is 1.28. The van der Waals surface area contributed by atoms with Gasteiger partial charge in [-0.3, -0.25) is 4.79 Å². The summed E-state index contributed by atoms with van der Waals surface area (Å²) in [4.78, 5) is 20.0. The number of imidazole rings is 1. The van der Waals surface area contributed by atoms with Crippen molar-refractivity contribution in [3.63, 3.8) is 0 Å². The van der Waals surface area contributed by atoms with Gasteiger partial charge in [0.25, 0.3) is 5.91 Å². The van der Waals surface area contributed by atoms with Crippen LogP contribution in [-0.4, -0.2) is 59.6 Å². The molecule has 0 spiro atoms. The molecule has 6 rings (SSSR count). The number of ether oxygens (including phenoxy) is 1. The molecular weight excluding hydrogens is 504 g/mol. The number of methoxy groups -OCH3 is 1. The summed E-state index contributed by atoms with van der Waals surface area (Å²) < 4.78 is 33.8. The van der Waals surface area contributed by atoms with Crippen LogP contribution in [0.15, 0.2) is 66.0 Å². The number of nitrogens with zero attached hydrogens (tertiary/aromatic N) is 5. The van der Waals surface area contributed by atoms with Crippen LogP contribution in [0.1, 0.15) is 34.7 Å². The van der Waals surface area contributed by atoms with Gasteiger partial charge in [-0.25, -0.2) is 18.1 Å². The number of rotatable bonds is 8. The van der Waals surface area contributed by atoms with E-state index in [0.29, 0.717) is 42.6 Å². The molecular formula is C27H28N6O4S. The highest BCUT2D eigenvalue weighted by Crippen LogP contribution is 2.31. The van der Waals surface area contributed by atoms with Crippen molar-refractivity contribution in [2.24, 2.45) is 0 Å². The maximum absolute atomic E-state index is 13.8. The number of carbonyl (C=O) groups excluding carboxylic acids is 1. The monoisotopic (exact) mass is 532 g/mol. The molecule has 1 N–H and O–H groups in total. The van der Waals surface area contributed by atoms with Crippen molar-refractivity contribution >= 4 is 21.4 Å². The number of anilines is 1. The van der Waals surface area contributed by atoms with E-state index < -0.39 is 9.84 Å². The van der Waals surface area contributed by atoms with Gasteiger partial charge in [-0.2, -0.15) is 5.10 Å². The second kappa shape index (κ2) is 9.41. The summed E-state index contributed by atoms with van der Waals surface area (Å²) in [5, 5.41) is 7.82. The van der Waals surface area contributed by atoms with E-state index in [2.05, 4.69) is 15.4 Å². The van der Waals surface area contributed by atoms with E-state index in [9.17, 15) is 13.2 Å². The van der Waals surface area contributed by atoms with Gasteiger partial charge in [0, 0.05) is 48.2 Å². The highest BCUT2D eigenvalue weighted by Gasteiger charge is 2.36. The van der Waals surface area contributed by atoms with Crippen LogP contribution in [0.25, 0.3) is 11.4 Å². The van der Waals surface area contributed by atoms with Crippen LogP contribution in [0.5, 0.6) is 5.75 Å². The minimum absolute atomic E-state index is 0.0564. The van der Waals surface area contributed by atoms with Gasteiger partial charge in [0.1, 0.15) is 17.3 Å².